The maximum absolute atomic E-state index is 2.44. The summed E-state index contributed by atoms with van der Waals surface area (Å²) >= 11 is 0. The van der Waals surface area contributed by atoms with Crippen LogP contribution in [0, 0.1) is 11.8 Å². The van der Waals surface area contributed by atoms with Gasteiger partial charge >= 0.3 is 0 Å². The van der Waals surface area contributed by atoms with E-state index in [4.69, 9.17) is 0 Å². The number of hydrogen-bond acceptors (Lipinski definition) is 0. The van der Waals surface area contributed by atoms with Crippen molar-refractivity contribution in [3.8, 4) is 0 Å². The zero-order chi connectivity index (χ0) is 18.8. The van der Waals surface area contributed by atoms with Crippen molar-refractivity contribution in [1.82, 2.24) is 0 Å². The minimum atomic E-state index is 0.459. The van der Waals surface area contributed by atoms with Crippen LogP contribution in [0.4, 0.5) is 0 Å². The van der Waals surface area contributed by atoms with Crippen molar-refractivity contribution in [2.24, 2.45) is 11.8 Å². The zero-order valence-corrected chi connectivity index (χ0v) is 16.2. The lowest BCUT2D eigenvalue weighted by atomic mass is 9.80. The first-order valence-electron chi connectivity index (χ1n) is 10.4. The van der Waals surface area contributed by atoms with E-state index in [0.29, 0.717) is 11.8 Å². The summed E-state index contributed by atoms with van der Waals surface area (Å²) in [6.07, 6.45) is 23.3. The fourth-order valence-corrected chi connectivity index (χ4v) is 4.44. The highest BCUT2D eigenvalue weighted by molar-refractivity contribution is 5.95. The molecule has 2 aromatic rings. The Balaban J connectivity index is 1.58. The van der Waals surface area contributed by atoms with Gasteiger partial charge in [0.15, 0.2) is 6.21 Å². The van der Waals surface area contributed by atoms with E-state index in [-0.39, 0.29) is 0 Å². The molecule has 2 aliphatic carbocycles. The van der Waals surface area contributed by atoms with Crippen LogP contribution < -0.4 is 0 Å². The first kappa shape index (κ1) is 17.2. The summed E-state index contributed by atoms with van der Waals surface area (Å²) in [6.45, 7) is 2.35. The lowest BCUT2D eigenvalue weighted by Gasteiger charge is -2.24. The minimum absolute atomic E-state index is 0.459. The maximum atomic E-state index is 2.44. The molecule has 1 heterocycles. The molecule has 0 saturated carbocycles. The molecule has 2 unspecified atom stereocenters. The summed E-state index contributed by atoms with van der Waals surface area (Å²) in [5.41, 5.74) is 3.93. The third-order valence-electron chi connectivity index (χ3n) is 6.06. The molecule has 0 spiro atoms. The van der Waals surface area contributed by atoms with E-state index in [1.54, 1.807) is 0 Å². The van der Waals surface area contributed by atoms with Crippen LogP contribution in [0.3, 0.4) is 0 Å². The summed E-state index contributed by atoms with van der Waals surface area (Å²) in [7, 11) is 0. The van der Waals surface area contributed by atoms with Crippen LogP contribution in [0.2, 0.25) is 0 Å². The molecule has 5 rings (SSSR count). The Morgan fingerprint density at radius 2 is 1.64 bits per heavy atom. The second-order valence-electron chi connectivity index (χ2n) is 7.94. The smallest absolute Gasteiger partial charge is 0.163 e. The molecule has 1 heteroatoms. The Bertz CT molecular complexity index is 1070. The van der Waals surface area contributed by atoms with Crippen molar-refractivity contribution in [3.63, 3.8) is 0 Å². The van der Waals surface area contributed by atoms with Crippen molar-refractivity contribution in [3.05, 3.63) is 102 Å². The average Bonchev–Trinajstić information content (AvgIpc) is 3.27. The molecule has 1 aliphatic heterocycles. The third kappa shape index (κ3) is 3.45. The van der Waals surface area contributed by atoms with Crippen LogP contribution in [0.25, 0.3) is 16.3 Å². The molecule has 0 amide bonds. The van der Waals surface area contributed by atoms with Gasteiger partial charge < -0.3 is 0 Å². The Kier molecular flexibility index (Phi) is 4.66. The lowest BCUT2D eigenvalue weighted by molar-refractivity contribution is -0.500. The Labute approximate surface area is 167 Å². The molecular weight excluding hydrogens is 338 g/mol. The average molecular weight is 365 g/mol. The molecule has 0 N–H and O–H groups in total. The quantitative estimate of drug-likeness (QED) is 0.592. The lowest BCUT2D eigenvalue weighted by Crippen LogP contribution is -2.12. The SMILES string of the molecule is C1=CC2C=CC(/C(=C/C=[N+]3CCCC3)c3ccc4ccccc4c3)=CC2C=C1. The van der Waals surface area contributed by atoms with Crippen LogP contribution in [0.15, 0.2) is 96.6 Å². The van der Waals surface area contributed by atoms with E-state index < -0.39 is 0 Å². The molecule has 2 aromatic carbocycles. The second-order valence-corrected chi connectivity index (χ2v) is 7.94. The van der Waals surface area contributed by atoms with Crippen molar-refractivity contribution in [2.75, 3.05) is 13.1 Å². The van der Waals surface area contributed by atoms with Crippen molar-refractivity contribution >= 4 is 22.6 Å². The van der Waals surface area contributed by atoms with Crippen LogP contribution in [-0.4, -0.2) is 23.9 Å². The highest BCUT2D eigenvalue weighted by atomic mass is 15.0. The fraction of sp³-hybridized carbons (Fsp3) is 0.222. The van der Waals surface area contributed by atoms with E-state index in [1.165, 1.54) is 53.4 Å². The van der Waals surface area contributed by atoms with E-state index in [9.17, 15) is 0 Å². The molecule has 3 aliphatic rings. The van der Waals surface area contributed by atoms with E-state index in [1.807, 2.05) is 0 Å². The first-order valence-corrected chi connectivity index (χ1v) is 10.4. The van der Waals surface area contributed by atoms with E-state index in [0.717, 1.165) is 0 Å². The van der Waals surface area contributed by atoms with Gasteiger partial charge in [-0.1, -0.05) is 78.9 Å². The molecule has 0 aromatic heterocycles. The predicted molar refractivity (Wildman–Crippen MR) is 120 cm³/mol. The number of nitrogens with zero attached hydrogens (tertiary/aromatic N) is 1. The van der Waals surface area contributed by atoms with Gasteiger partial charge in [0.1, 0.15) is 13.1 Å². The van der Waals surface area contributed by atoms with Gasteiger partial charge in [0, 0.05) is 30.8 Å². The summed E-state index contributed by atoms with van der Waals surface area (Å²) in [5.74, 6) is 0.954. The highest BCUT2D eigenvalue weighted by Crippen LogP contribution is 2.34. The molecule has 138 valence electrons. The van der Waals surface area contributed by atoms with Gasteiger partial charge in [-0.05, 0) is 33.5 Å². The normalized spacial score (nSPS) is 23.8. The van der Waals surface area contributed by atoms with Gasteiger partial charge in [0.05, 0.1) is 0 Å². The zero-order valence-electron chi connectivity index (χ0n) is 16.2. The number of allylic oxidation sites excluding steroid dienone is 10. The second kappa shape index (κ2) is 7.59. The molecule has 28 heavy (non-hydrogen) atoms. The monoisotopic (exact) mass is 364 g/mol. The van der Waals surface area contributed by atoms with Crippen LogP contribution in [0.5, 0.6) is 0 Å². The van der Waals surface area contributed by atoms with Gasteiger partial charge in [-0.2, -0.15) is 0 Å². The molecule has 1 fully saturated rings. The summed E-state index contributed by atoms with van der Waals surface area (Å²) in [5, 5.41) is 2.59. The summed E-state index contributed by atoms with van der Waals surface area (Å²) in [6, 6.07) is 15.5. The number of benzene rings is 2. The van der Waals surface area contributed by atoms with E-state index >= 15 is 0 Å². The molecular formula is C27H26N+. The van der Waals surface area contributed by atoms with Crippen molar-refractivity contribution in [2.45, 2.75) is 12.8 Å². The molecule has 0 radical (unpaired) electrons. The summed E-state index contributed by atoms with van der Waals surface area (Å²) < 4.78 is 2.44. The van der Waals surface area contributed by atoms with Crippen molar-refractivity contribution < 1.29 is 4.58 Å². The van der Waals surface area contributed by atoms with E-state index in [2.05, 4.69) is 102 Å². The van der Waals surface area contributed by atoms with Crippen molar-refractivity contribution in [1.29, 1.82) is 0 Å². The van der Waals surface area contributed by atoms with Gasteiger partial charge in [-0.3, -0.25) is 0 Å². The Hall–Kier alpha value is -2.93. The number of rotatable bonds is 3. The third-order valence-corrected chi connectivity index (χ3v) is 6.06. The Morgan fingerprint density at radius 1 is 0.857 bits per heavy atom. The number of fused-ring (bicyclic) bond motifs is 2. The molecule has 1 saturated heterocycles. The van der Waals surface area contributed by atoms with Gasteiger partial charge in [0.25, 0.3) is 0 Å². The number of hydrogen-bond donors (Lipinski definition) is 0. The fourth-order valence-electron chi connectivity index (χ4n) is 4.44. The minimum Gasteiger partial charge on any atom is -0.236 e. The van der Waals surface area contributed by atoms with Crippen LogP contribution in [-0.2, 0) is 0 Å². The largest absolute Gasteiger partial charge is 0.236 e. The molecule has 1 nitrogen and oxygen atoms in total. The standard InChI is InChI=1S/C27H26N/c1-3-9-23-19-25(13-11-21(23)7-1)27(15-18-28-16-5-6-17-28)26-14-12-22-8-2-4-10-24(22)20-26/h1-4,7-15,18-21,23H,5-6,16-17H2/q+1/b27-15-. The molecule has 2 atom stereocenters. The van der Waals surface area contributed by atoms with Gasteiger partial charge in [-0.15, -0.1) is 0 Å². The molecule has 0 bridgehead atoms. The topological polar surface area (TPSA) is 3.01 Å². The summed E-state index contributed by atoms with van der Waals surface area (Å²) in [4.78, 5) is 0. The van der Waals surface area contributed by atoms with Crippen LogP contribution >= 0.6 is 0 Å². The van der Waals surface area contributed by atoms with Gasteiger partial charge in [-0.25, -0.2) is 4.58 Å². The Morgan fingerprint density at radius 3 is 2.50 bits per heavy atom. The van der Waals surface area contributed by atoms with Gasteiger partial charge in [0.2, 0.25) is 0 Å². The van der Waals surface area contributed by atoms with Crippen LogP contribution in [0.1, 0.15) is 18.4 Å². The maximum Gasteiger partial charge on any atom is 0.163 e. The predicted octanol–water partition coefficient (Wildman–Crippen LogP) is 5.95. The first-order chi connectivity index (χ1) is 13.9. The highest BCUT2D eigenvalue weighted by Gasteiger charge is 2.20.